The number of anilines is 1. The number of halogens is 2. The lowest BCUT2D eigenvalue weighted by molar-refractivity contribution is -0.384. The Morgan fingerprint density at radius 2 is 1.86 bits per heavy atom. The van der Waals surface area contributed by atoms with Gasteiger partial charge in [0.15, 0.2) is 11.5 Å². The van der Waals surface area contributed by atoms with E-state index in [0.29, 0.717) is 29.7 Å². The number of hydrogen-bond donors (Lipinski definition) is 1. The summed E-state index contributed by atoms with van der Waals surface area (Å²) >= 11 is 9.73. The van der Waals surface area contributed by atoms with Gasteiger partial charge in [0.25, 0.3) is 5.69 Å². The van der Waals surface area contributed by atoms with Crippen LogP contribution in [-0.4, -0.2) is 12.0 Å². The third-order valence-corrected chi connectivity index (χ3v) is 5.15. The van der Waals surface area contributed by atoms with E-state index in [4.69, 9.17) is 21.1 Å². The van der Waals surface area contributed by atoms with Crippen LogP contribution in [0.4, 0.5) is 11.4 Å². The maximum absolute atomic E-state index is 10.7. The zero-order chi connectivity index (χ0) is 20.8. The molecule has 8 heteroatoms. The van der Waals surface area contributed by atoms with Crippen LogP contribution in [0.5, 0.6) is 11.5 Å². The minimum Gasteiger partial charge on any atom is -0.493 e. The van der Waals surface area contributed by atoms with Crippen LogP contribution in [0.2, 0.25) is 5.02 Å². The van der Waals surface area contributed by atoms with Gasteiger partial charge in [0, 0.05) is 35.0 Å². The second-order valence-electron chi connectivity index (χ2n) is 6.15. The van der Waals surface area contributed by atoms with Gasteiger partial charge in [0.2, 0.25) is 0 Å². The molecule has 29 heavy (non-hydrogen) atoms. The average molecular weight is 478 g/mol. The van der Waals surface area contributed by atoms with Gasteiger partial charge in [-0.2, -0.15) is 0 Å². The Morgan fingerprint density at radius 1 is 1.14 bits per heavy atom. The molecule has 0 aliphatic rings. The van der Waals surface area contributed by atoms with Gasteiger partial charge in [-0.3, -0.25) is 10.1 Å². The van der Waals surface area contributed by atoms with Crippen molar-refractivity contribution in [3.05, 3.63) is 91.4 Å². The predicted octanol–water partition coefficient (Wildman–Crippen LogP) is 6.21. The fourth-order valence-corrected chi connectivity index (χ4v) is 3.48. The summed E-state index contributed by atoms with van der Waals surface area (Å²) in [6.07, 6.45) is 0. The summed E-state index contributed by atoms with van der Waals surface area (Å²) in [5, 5.41) is 14.6. The summed E-state index contributed by atoms with van der Waals surface area (Å²) in [7, 11) is 1.58. The Balaban J connectivity index is 1.70. The molecule has 0 heterocycles. The topological polar surface area (TPSA) is 73.6 Å². The first-order chi connectivity index (χ1) is 14.0. The maximum Gasteiger partial charge on any atom is 0.269 e. The molecule has 3 rings (SSSR count). The Hall–Kier alpha value is -2.77. The van der Waals surface area contributed by atoms with Gasteiger partial charge in [-0.05, 0) is 51.8 Å². The van der Waals surface area contributed by atoms with Crippen LogP contribution in [0, 0.1) is 10.1 Å². The van der Waals surface area contributed by atoms with E-state index < -0.39 is 4.92 Å². The Kier molecular flexibility index (Phi) is 6.95. The van der Waals surface area contributed by atoms with E-state index in [9.17, 15) is 10.1 Å². The first kappa shape index (κ1) is 21.0. The van der Waals surface area contributed by atoms with Crippen molar-refractivity contribution in [2.75, 3.05) is 12.4 Å². The first-order valence-electron chi connectivity index (χ1n) is 8.69. The third kappa shape index (κ3) is 5.40. The minimum atomic E-state index is -0.424. The summed E-state index contributed by atoms with van der Waals surface area (Å²) in [6.45, 7) is 0.826. The summed E-state index contributed by atoms with van der Waals surface area (Å²) < 4.78 is 12.2. The quantitative estimate of drug-likeness (QED) is 0.308. The van der Waals surface area contributed by atoms with E-state index in [-0.39, 0.29) is 5.69 Å². The van der Waals surface area contributed by atoms with Gasteiger partial charge in [0.05, 0.1) is 16.5 Å². The second-order valence-corrected chi connectivity index (χ2v) is 7.41. The molecule has 0 aromatic heterocycles. The Bertz CT molecular complexity index is 1010. The van der Waals surface area contributed by atoms with E-state index in [1.807, 2.05) is 36.4 Å². The van der Waals surface area contributed by atoms with Gasteiger partial charge in [-0.25, -0.2) is 0 Å². The number of nitro groups is 1. The number of benzene rings is 3. The van der Waals surface area contributed by atoms with Crippen LogP contribution in [0.1, 0.15) is 11.1 Å². The van der Waals surface area contributed by atoms with Crippen molar-refractivity contribution >= 4 is 38.9 Å². The molecule has 3 aromatic rings. The number of nitrogens with one attached hydrogen (secondary N) is 1. The third-order valence-electron chi connectivity index (χ3n) is 4.19. The van der Waals surface area contributed by atoms with Gasteiger partial charge in [-0.1, -0.05) is 29.8 Å². The van der Waals surface area contributed by atoms with Gasteiger partial charge >= 0.3 is 0 Å². The molecule has 0 spiro atoms. The molecule has 0 aliphatic carbocycles. The summed E-state index contributed by atoms with van der Waals surface area (Å²) in [4.78, 5) is 10.3. The Labute approximate surface area is 181 Å². The SMILES string of the molecule is COc1cc(CNc2ccc([N+](=O)[O-])cc2)cc(Br)c1OCc1ccccc1Cl. The second kappa shape index (κ2) is 9.62. The number of non-ortho nitro benzene ring substituents is 1. The molecule has 3 aromatic carbocycles. The normalized spacial score (nSPS) is 10.4. The molecule has 0 saturated heterocycles. The summed E-state index contributed by atoms with van der Waals surface area (Å²) in [5.41, 5.74) is 2.67. The van der Waals surface area contributed by atoms with E-state index >= 15 is 0 Å². The molecular formula is C21H18BrClN2O4. The van der Waals surface area contributed by atoms with Crippen molar-refractivity contribution in [2.24, 2.45) is 0 Å². The van der Waals surface area contributed by atoms with Gasteiger partial charge < -0.3 is 14.8 Å². The number of rotatable bonds is 8. The Morgan fingerprint density at radius 3 is 2.52 bits per heavy atom. The van der Waals surface area contributed by atoms with E-state index in [2.05, 4.69) is 21.2 Å². The predicted molar refractivity (Wildman–Crippen MR) is 117 cm³/mol. The van der Waals surface area contributed by atoms with Crippen molar-refractivity contribution < 1.29 is 14.4 Å². The number of nitrogens with zero attached hydrogens (tertiary/aromatic N) is 1. The van der Waals surface area contributed by atoms with Crippen LogP contribution in [0.3, 0.4) is 0 Å². The summed E-state index contributed by atoms with van der Waals surface area (Å²) in [5.74, 6) is 1.18. The largest absolute Gasteiger partial charge is 0.493 e. The van der Waals surface area contributed by atoms with Crippen molar-refractivity contribution in [3.8, 4) is 11.5 Å². The van der Waals surface area contributed by atoms with Crippen molar-refractivity contribution in [1.29, 1.82) is 0 Å². The molecule has 0 unspecified atom stereocenters. The van der Waals surface area contributed by atoms with Crippen LogP contribution < -0.4 is 14.8 Å². The van der Waals surface area contributed by atoms with Crippen molar-refractivity contribution in [1.82, 2.24) is 0 Å². The van der Waals surface area contributed by atoms with Gasteiger partial charge in [-0.15, -0.1) is 0 Å². The number of nitro benzene ring substituents is 1. The number of methoxy groups -OCH3 is 1. The lowest BCUT2D eigenvalue weighted by atomic mass is 10.2. The van der Waals surface area contributed by atoms with Crippen molar-refractivity contribution in [2.45, 2.75) is 13.2 Å². The van der Waals surface area contributed by atoms with Crippen LogP contribution in [0.25, 0.3) is 0 Å². The lowest BCUT2D eigenvalue weighted by Crippen LogP contribution is -2.03. The lowest BCUT2D eigenvalue weighted by Gasteiger charge is -2.15. The van der Waals surface area contributed by atoms with Crippen LogP contribution in [0.15, 0.2) is 65.1 Å². The molecule has 0 fully saturated rings. The fourth-order valence-electron chi connectivity index (χ4n) is 2.69. The molecule has 6 nitrogen and oxygen atoms in total. The zero-order valence-electron chi connectivity index (χ0n) is 15.5. The van der Waals surface area contributed by atoms with Crippen LogP contribution in [-0.2, 0) is 13.2 Å². The first-order valence-corrected chi connectivity index (χ1v) is 9.86. The molecule has 0 bridgehead atoms. The van der Waals surface area contributed by atoms with E-state index in [0.717, 1.165) is 21.3 Å². The molecule has 0 atom stereocenters. The minimum absolute atomic E-state index is 0.0555. The van der Waals surface area contributed by atoms with E-state index in [1.54, 1.807) is 19.2 Å². The molecular weight excluding hydrogens is 460 g/mol. The fraction of sp³-hybridized carbons (Fsp3) is 0.143. The highest BCUT2D eigenvalue weighted by molar-refractivity contribution is 9.10. The standard InChI is InChI=1S/C21H18BrClN2O4/c1-28-20-11-14(12-24-16-6-8-17(9-7-16)25(26)27)10-18(22)21(20)29-13-15-4-2-3-5-19(15)23/h2-11,24H,12-13H2,1H3. The molecule has 150 valence electrons. The van der Waals surface area contributed by atoms with Gasteiger partial charge in [0.1, 0.15) is 6.61 Å². The number of hydrogen-bond acceptors (Lipinski definition) is 5. The molecule has 0 radical (unpaired) electrons. The molecule has 1 N–H and O–H groups in total. The monoisotopic (exact) mass is 476 g/mol. The highest BCUT2D eigenvalue weighted by Gasteiger charge is 2.13. The maximum atomic E-state index is 10.7. The van der Waals surface area contributed by atoms with E-state index in [1.165, 1.54) is 12.1 Å². The number of ether oxygens (including phenoxy) is 2. The molecule has 0 saturated carbocycles. The average Bonchev–Trinajstić information content (AvgIpc) is 2.72. The summed E-state index contributed by atoms with van der Waals surface area (Å²) in [6, 6.07) is 17.6. The molecule has 0 amide bonds. The highest BCUT2D eigenvalue weighted by atomic mass is 79.9. The van der Waals surface area contributed by atoms with Crippen molar-refractivity contribution in [3.63, 3.8) is 0 Å². The highest BCUT2D eigenvalue weighted by Crippen LogP contribution is 2.37. The zero-order valence-corrected chi connectivity index (χ0v) is 17.9. The smallest absolute Gasteiger partial charge is 0.269 e. The molecule has 0 aliphatic heterocycles. The van der Waals surface area contributed by atoms with Crippen LogP contribution >= 0.6 is 27.5 Å².